The molecule has 0 radical (unpaired) electrons. The fourth-order valence-corrected chi connectivity index (χ4v) is 1.77. The van der Waals surface area contributed by atoms with Gasteiger partial charge < -0.3 is 19.4 Å². The van der Waals surface area contributed by atoms with Gasteiger partial charge in [0, 0.05) is 19.2 Å². The van der Waals surface area contributed by atoms with E-state index in [0.29, 0.717) is 24.4 Å². The topological polar surface area (TPSA) is 83.1 Å². The molecule has 0 aliphatic rings. The molecule has 102 valence electrons. The van der Waals surface area contributed by atoms with Gasteiger partial charge in [-0.1, -0.05) is 0 Å². The number of aliphatic hydroxyl groups is 1. The summed E-state index contributed by atoms with van der Waals surface area (Å²) in [4.78, 5) is 12.7. The van der Waals surface area contributed by atoms with E-state index in [-0.39, 0.29) is 12.4 Å². The molecule has 1 aromatic rings. The van der Waals surface area contributed by atoms with E-state index < -0.39 is 12.1 Å². The second kappa shape index (κ2) is 6.53. The Balaban J connectivity index is 2.56. The zero-order valence-corrected chi connectivity index (χ0v) is 10.8. The summed E-state index contributed by atoms with van der Waals surface area (Å²) < 4.78 is 10.1. The largest absolute Gasteiger partial charge is 0.475 e. The number of ether oxygens (including phenoxy) is 1. The molecule has 0 aromatic carbocycles. The van der Waals surface area contributed by atoms with E-state index in [0.717, 1.165) is 0 Å². The summed E-state index contributed by atoms with van der Waals surface area (Å²) in [6, 6.07) is 1.70. The highest BCUT2D eigenvalue weighted by atomic mass is 16.5. The standard InChI is InChI=1S/C12H19NO5/c1-8-4-10(18-11(8)12(15)16)6-13(2)5-9(14)7-17-3/h4,9,14H,5-7H2,1-3H3,(H,15,16). The Hall–Kier alpha value is -1.37. The number of hydrogen-bond donors (Lipinski definition) is 2. The Bertz CT molecular complexity index is 401. The van der Waals surface area contributed by atoms with Crippen LogP contribution in [-0.4, -0.2) is 54.5 Å². The molecule has 0 saturated heterocycles. The lowest BCUT2D eigenvalue weighted by atomic mass is 10.2. The predicted molar refractivity (Wildman–Crippen MR) is 64.6 cm³/mol. The number of carbonyl (C=O) groups is 1. The van der Waals surface area contributed by atoms with Crippen LogP contribution < -0.4 is 0 Å². The van der Waals surface area contributed by atoms with E-state index in [2.05, 4.69) is 0 Å². The average molecular weight is 257 g/mol. The van der Waals surface area contributed by atoms with Crippen LogP contribution in [0.5, 0.6) is 0 Å². The van der Waals surface area contributed by atoms with Gasteiger partial charge in [-0.2, -0.15) is 0 Å². The third kappa shape index (κ3) is 4.14. The van der Waals surface area contributed by atoms with Crippen molar-refractivity contribution < 1.29 is 24.2 Å². The maximum atomic E-state index is 10.8. The highest BCUT2D eigenvalue weighted by Crippen LogP contribution is 2.16. The fraction of sp³-hybridized carbons (Fsp3) is 0.583. The maximum Gasteiger partial charge on any atom is 0.372 e. The van der Waals surface area contributed by atoms with Gasteiger partial charge in [-0.15, -0.1) is 0 Å². The maximum absolute atomic E-state index is 10.8. The van der Waals surface area contributed by atoms with Crippen molar-refractivity contribution in [1.29, 1.82) is 0 Å². The SMILES string of the molecule is COCC(O)CN(C)Cc1cc(C)c(C(=O)O)o1. The van der Waals surface area contributed by atoms with Crippen LogP contribution in [0.1, 0.15) is 21.9 Å². The van der Waals surface area contributed by atoms with Crippen LogP contribution >= 0.6 is 0 Å². The van der Waals surface area contributed by atoms with Crippen molar-refractivity contribution in [3.63, 3.8) is 0 Å². The first-order valence-electron chi connectivity index (χ1n) is 5.62. The number of carboxylic acid groups (broad SMARTS) is 1. The van der Waals surface area contributed by atoms with Crippen LogP contribution in [0.4, 0.5) is 0 Å². The van der Waals surface area contributed by atoms with Gasteiger partial charge in [-0.25, -0.2) is 4.79 Å². The molecule has 1 rings (SSSR count). The van der Waals surface area contributed by atoms with Gasteiger partial charge >= 0.3 is 5.97 Å². The van der Waals surface area contributed by atoms with Crippen molar-refractivity contribution in [2.45, 2.75) is 19.6 Å². The van der Waals surface area contributed by atoms with E-state index in [9.17, 15) is 9.90 Å². The third-order valence-corrected chi connectivity index (χ3v) is 2.47. The summed E-state index contributed by atoms with van der Waals surface area (Å²) in [6.07, 6.45) is -0.574. The van der Waals surface area contributed by atoms with Crippen LogP contribution in [0.25, 0.3) is 0 Å². The number of aliphatic hydroxyl groups excluding tert-OH is 1. The van der Waals surface area contributed by atoms with Gasteiger partial charge in [0.05, 0.1) is 19.3 Å². The monoisotopic (exact) mass is 257 g/mol. The zero-order valence-electron chi connectivity index (χ0n) is 10.8. The molecule has 0 amide bonds. The molecule has 0 bridgehead atoms. The number of furan rings is 1. The molecule has 0 fully saturated rings. The Morgan fingerprint density at radius 3 is 2.78 bits per heavy atom. The number of aryl methyl sites for hydroxylation is 1. The number of likely N-dealkylation sites (N-methyl/N-ethyl adjacent to an activating group) is 1. The highest BCUT2D eigenvalue weighted by Gasteiger charge is 2.16. The van der Waals surface area contributed by atoms with E-state index in [1.165, 1.54) is 7.11 Å². The van der Waals surface area contributed by atoms with Crippen molar-refractivity contribution in [3.8, 4) is 0 Å². The summed E-state index contributed by atoms with van der Waals surface area (Å²) in [5, 5.41) is 18.4. The van der Waals surface area contributed by atoms with E-state index in [1.54, 1.807) is 13.0 Å². The molecule has 0 aliphatic carbocycles. The van der Waals surface area contributed by atoms with Crippen LogP contribution in [-0.2, 0) is 11.3 Å². The molecular formula is C12H19NO5. The lowest BCUT2D eigenvalue weighted by Crippen LogP contribution is -2.31. The Kier molecular flexibility index (Phi) is 5.33. The molecule has 1 atom stereocenters. The summed E-state index contributed by atoms with van der Waals surface area (Å²) in [5.74, 6) is -0.534. The van der Waals surface area contributed by atoms with Crippen molar-refractivity contribution in [2.75, 3.05) is 27.3 Å². The van der Waals surface area contributed by atoms with Crippen molar-refractivity contribution >= 4 is 5.97 Å². The quantitative estimate of drug-likeness (QED) is 0.749. The average Bonchev–Trinajstić information content (AvgIpc) is 2.59. The zero-order chi connectivity index (χ0) is 13.7. The second-order valence-corrected chi connectivity index (χ2v) is 4.34. The van der Waals surface area contributed by atoms with Gasteiger partial charge in [0.2, 0.25) is 5.76 Å². The molecule has 0 saturated carbocycles. The number of carboxylic acids is 1. The summed E-state index contributed by atoms with van der Waals surface area (Å²) >= 11 is 0. The Morgan fingerprint density at radius 1 is 1.61 bits per heavy atom. The van der Waals surface area contributed by atoms with Crippen molar-refractivity contribution in [3.05, 3.63) is 23.2 Å². The lowest BCUT2D eigenvalue weighted by Gasteiger charge is -2.18. The Labute approximate surface area is 106 Å². The van der Waals surface area contributed by atoms with Crippen LogP contribution in [0.2, 0.25) is 0 Å². The molecule has 0 spiro atoms. The molecule has 1 unspecified atom stereocenters. The van der Waals surface area contributed by atoms with Crippen molar-refractivity contribution in [1.82, 2.24) is 4.90 Å². The second-order valence-electron chi connectivity index (χ2n) is 4.34. The molecule has 2 N–H and O–H groups in total. The van der Waals surface area contributed by atoms with E-state index >= 15 is 0 Å². The molecule has 0 aliphatic heterocycles. The van der Waals surface area contributed by atoms with Crippen molar-refractivity contribution in [2.24, 2.45) is 0 Å². The molecule has 1 aromatic heterocycles. The first-order valence-corrected chi connectivity index (χ1v) is 5.62. The number of aromatic carboxylic acids is 1. The van der Waals surface area contributed by atoms with Gasteiger partial charge in [0.1, 0.15) is 5.76 Å². The predicted octanol–water partition coefficient (Wildman–Crippen LogP) is 0.725. The van der Waals surface area contributed by atoms with E-state index in [4.69, 9.17) is 14.3 Å². The van der Waals surface area contributed by atoms with Crippen LogP contribution in [0.3, 0.4) is 0 Å². The summed E-state index contributed by atoms with van der Waals surface area (Å²) in [7, 11) is 3.34. The van der Waals surface area contributed by atoms with Gasteiger partial charge in [-0.3, -0.25) is 4.90 Å². The highest BCUT2D eigenvalue weighted by molar-refractivity contribution is 5.86. The molecule has 6 heteroatoms. The molecule has 6 nitrogen and oxygen atoms in total. The first kappa shape index (κ1) is 14.7. The molecule has 1 heterocycles. The fourth-order valence-electron chi connectivity index (χ4n) is 1.77. The number of nitrogens with zero attached hydrogens (tertiary/aromatic N) is 1. The minimum Gasteiger partial charge on any atom is -0.475 e. The lowest BCUT2D eigenvalue weighted by molar-refractivity contribution is 0.0404. The smallest absolute Gasteiger partial charge is 0.372 e. The number of methoxy groups -OCH3 is 1. The summed E-state index contributed by atoms with van der Waals surface area (Å²) in [5.41, 5.74) is 0.600. The summed E-state index contributed by atoms with van der Waals surface area (Å²) in [6.45, 7) is 2.82. The molecule has 18 heavy (non-hydrogen) atoms. The van der Waals surface area contributed by atoms with Crippen LogP contribution in [0, 0.1) is 6.92 Å². The third-order valence-electron chi connectivity index (χ3n) is 2.47. The van der Waals surface area contributed by atoms with Gasteiger partial charge in [0.25, 0.3) is 0 Å². The van der Waals surface area contributed by atoms with Crippen LogP contribution in [0.15, 0.2) is 10.5 Å². The van der Waals surface area contributed by atoms with Gasteiger partial charge in [0.15, 0.2) is 0 Å². The van der Waals surface area contributed by atoms with E-state index in [1.807, 2.05) is 11.9 Å². The first-order chi connectivity index (χ1) is 8.43. The Morgan fingerprint density at radius 2 is 2.28 bits per heavy atom. The number of rotatable bonds is 7. The number of hydrogen-bond acceptors (Lipinski definition) is 5. The molecular weight excluding hydrogens is 238 g/mol. The minimum absolute atomic E-state index is 0.0316. The normalized spacial score (nSPS) is 12.9. The minimum atomic E-state index is -1.07. The van der Waals surface area contributed by atoms with Gasteiger partial charge in [-0.05, 0) is 20.0 Å².